The highest BCUT2D eigenvalue weighted by molar-refractivity contribution is 5.97. The van der Waals surface area contributed by atoms with Gasteiger partial charge in [0.15, 0.2) is 5.82 Å². The number of nitrogens with zero attached hydrogens (tertiary/aromatic N) is 6. The van der Waals surface area contributed by atoms with Crippen molar-refractivity contribution in [2.24, 2.45) is 0 Å². The number of nitrogens with one attached hydrogen (secondary N) is 1. The van der Waals surface area contributed by atoms with Crippen LogP contribution in [0.3, 0.4) is 0 Å². The smallest absolute Gasteiger partial charge is 0.475 e. The van der Waals surface area contributed by atoms with Gasteiger partial charge >= 0.3 is 42.5 Å². The Balaban J connectivity index is 0.000000393. The molecule has 0 unspecified atom stereocenters. The number of carboxylic acid groups (broad SMARTS) is 4. The van der Waals surface area contributed by atoms with Crippen LogP contribution in [0.4, 0.5) is 61.5 Å². The van der Waals surface area contributed by atoms with E-state index in [1.165, 1.54) is 17.3 Å². The predicted molar refractivity (Wildman–Crippen MR) is 164 cm³/mol. The molecular weight excluding hydrogens is 761 g/mol. The Bertz CT molecular complexity index is 1950. The Morgan fingerprint density at radius 2 is 1.17 bits per heavy atom. The maximum absolute atomic E-state index is 12.2. The van der Waals surface area contributed by atoms with E-state index in [0.29, 0.717) is 45.3 Å². The third kappa shape index (κ3) is 10.9. The van der Waals surface area contributed by atoms with Gasteiger partial charge in [0.1, 0.15) is 17.2 Å². The molecule has 1 amide bonds. The van der Waals surface area contributed by atoms with E-state index in [2.05, 4.69) is 20.3 Å². The summed E-state index contributed by atoms with van der Waals surface area (Å²) in [4.78, 5) is 57.6. The van der Waals surface area contributed by atoms with Crippen LogP contribution in [0, 0.1) is 0 Å². The number of hydrogen-bond donors (Lipinski definition) is 6. The first-order chi connectivity index (χ1) is 24.6. The lowest BCUT2D eigenvalue weighted by Gasteiger charge is -2.33. The minimum absolute atomic E-state index is 0.187. The van der Waals surface area contributed by atoms with Gasteiger partial charge in [-0.1, -0.05) is 0 Å². The summed E-state index contributed by atoms with van der Waals surface area (Å²) in [5.41, 5.74) is 2.97. The SMILES string of the molecule is CC(C)(C)N(C(=O)O)c1cnccc1-c1nc2c(n1O)-c1ccncc1Nc1ncccc1-2.O=C(O)C(F)(F)F.O=C(O)C(F)(F)F.O=C(O)C(F)(F)F. The molecule has 292 valence electrons. The first-order valence-electron chi connectivity index (χ1n) is 14.0. The number of carboxylic acids is 3. The first-order valence-corrected chi connectivity index (χ1v) is 14.0. The number of aliphatic carboxylic acids is 3. The average molecular weight is 786 g/mol. The second kappa shape index (κ2) is 16.3. The van der Waals surface area contributed by atoms with Crippen molar-refractivity contribution in [2.45, 2.75) is 44.8 Å². The van der Waals surface area contributed by atoms with E-state index in [9.17, 15) is 54.6 Å². The predicted octanol–water partition coefficient (Wildman–Crippen LogP) is 6.55. The van der Waals surface area contributed by atoms with Gasteiger partial charge in [0, 0.05) is 40.8 Å². The summed E-state index contributed by atoms with van der Waals surface area (Å²) in [7, 11) is 0. The Morgan fingerprint density at radius 3 is 1.61 bits per heavy atom. The zero-order valence-electron chi connectivity index (χ0n) is 27.2. The molecule has 0 saturated carbocycles. The largest absolute Gasteiger partial charge is 0.490 e. The summed E-state index contributed by atoms with van der Waals surface area (Å²) in [6.07, 6.45) is -8.44. The topological polar surface area (TPSA) is 241 Å². The summed E-state index contributed by atoms with van der Waals surface area (Å²) < 4.78 is 96.2. The summed E-state index contributed by atoms with van der Waals surface area (Å²) in [6.45, 7) is 5.36. The summed E-state index contributed by atoms with van der Waals surface area (Å²) in [5.74, 6) is -7.51. The van der Waals surface area contributed by atoms with Crippen molar-refractivity contribution in [2.75, 3.05) is 10.2 Å². The van der Waals surface area contributed by atoms with Crippen LogP contribution in [0.2, 0.25) is 0 Å². The third-order valence-electron chi connectivity index (χ3n) is 6.12. The normalized spacial score (nSPS) is 11.8. The molecule has 0 aromatic carbocycles. The van der Waals surface area contributed by atoms with E-state index in [1.54, 1.807) is 57.6 Å². The zero-order valence-corrected chi connectivity index (χ0v) is 27.2. The molecule has 1 aliphatic rings. The molecule has 54 heavy (non-hydrogen) atoms. The number of imidazole rings is 1. The van der Waals surface area contributed by atoms with Gasteiger partial charge in [0.2, 0.25) is 0 Å². The van der Waals surface area contributed by atoms with Gasteiger partial charge in [0.05, 0.1) is 23.8 Å². The van der Waals surface area contributed by atoms with Gasteiger partial charge in [-0.3, -0.25) is 14.9 Å². The van der Waals surface area contributed by atoms with E-state index < -0.39 is 48.1 Å². The van der Waals surface area contributed by atoms with E-state index in [1.807, 2.05) is 6.07 Å². The quantitative estimate of drug-likeness (QED) is 0.0822. The molecule has 0 aliphatic carbocycles. The molecule has 0 atom stereocenters. The molecular formula is C29H24F9N7O9. The lowest BCUT2D eigenvalue weighted by Crippen LogP contribution is -2.45. The van der Waals surface area contributed by atoms with Crippen molar-refractivity contribution < 1.29 is 84.3 Å². The maximum Gasteiger partial charge on any atom is 0.490 e. The minimum Gasteiger partial charge on any atom is -0.475 e. The zero-order chi connectivity index (χ0) is 41.6. The monoisotopic (exact) mass is 785 g/mol. The second-order valence-electron chi connectivity index (χ2n) is 11.0. The second-order valence-corrected chi connectivity index (χ2v) is 11.0. The number of aromatic nitrogens is 5. The number of anilines is 3. The van der Waals surface area contributed by atoms with Crippen LogP contribution < -0.4 is 10.2 Å². The molecule has 16 nitrogen and oxygen atoms in total. The molecule has 1 aliphatic heterocycles. The molecule has 0 radical (unpaired) electrons. The molecule has 0 saturated heterocycles. The van der Waals surface area contributed by atoms with Gasteiger partial charge in [-0.15, -0.1) is 0 Å². The standard InChI is InChI=1S/C23H21N7O3.3C2HF3O2/c1-23(2,3)29(22(31)32)17-12-25-10-7-14(17)21-28-18-15-5-4-8-26-20(15)27-16-11-24-9-6-13(16)19(18)30(21)33;3*3-2(4,5)1(6)7/h4-12,33H,1-3H3,(H,26,27)(H,31,32);3*(H,6,7). The summed E-state index contributed by atoms with van der Waals surface area (Å²) in [5, 5.41) is 45.9. The van der Waals surface area contributed by atoms with Crippen LogP contribution in [-0.2, 0) is 14.4 Å². The summed E-state index contributed by atoms with van der Waals surface area (Å²) >= 11 is 0. The van der Waals surface area contributed by atoms with E-state index in [4.69, 9.17) is 34.7 Å². The van der Waals surface area contributed by atoms with Crippen LogP contribution in [0.1, 0.15) is 20.8 Å². The number of halogens is 9. The molecule has 4 aromatic rings. The number of pyridine rings is 3. The lowest BCUT2D eigenvalue weighted by atomic mass is 10.0. The lowest BCUT2D eigenvalue weighted by molar-refractivity contribution is -0.193. The van der Waals surface area contributed by atoms with Gasteiger partial charge < -0.3 is 31.0 Å². The number of rotatable bonds is 2. The fraction of sp³-hybridized carbons (Fsp3) is 0.241. The van der Waals surface area contributed by atoms with E-state index in [-0.39, 0.29) is 5.82 Å². The number of fused-ring (bicyclic) bond motifs is 5. The van der Waals surface area contributed by atoms with Crippen molar-refractivity contribution in [3.63, 3.8) is 0 Å². The Labute approximate surface area is 294 Å². The average Bonchev–Trinajstić information content (AvgIpc) is 3.29. The summed E-state index contributed by atoms with van der Waals surface area (Å²) in [6, 6.07) is 7.06. The van der Waals surface area contributed by atoms with E-state index >= 15 is 0 Å². The molecule has 5 heterocycles. The minimum atomic E-state index is -5.08. The fourth-order valence-corrected chi connectivity index (χ4v) is 4.05. The number of amides is 1. The molecule has 5 rings (SSSR count). The Kier molecular flexibility index (Phi) is 13.1. The third-order valence-corrected chi connectivity index (χ3v) is 6.12. The van der Waals surface area contributed by atoms with Gasteiger partial charge in [-0.25, -0.2) is 29.1 Å². The van der Waals surface area contributed by atoms with Crippen molar-refractivity contribution in [1.82, 2.24) is 24.7 Å². The molecule has 6 N–H and O–H groups in total. The van der Waals surface area contributed by atoms with Gasteiger partial charge in [-0.05, 0) is 45.0 Å². The highest BCUT2D eigenvalue weighted by atomic mass is 19.4. The molecule has 4 aromatic heterocycles. The fourth-order valence-electron chi connectivity index (χ4n) is 4.05. The van der Waals surface area contributed by atoms with E-state index in [0.717, 1.165) is 4.73 Å². The Hall–Kier alpha value is -6.69. The molecule has 0 fully saturated rings. The van der Waals surface area contributed by atoms with Crippen LogP contribution in [0.15, 0.2) is 55.2 Å². The number of alkyl halides is 9. The van der Waals surface area contributed by atoms with Gasteiger partial charge in [0.25, 0.3) is 0 Å². The highest BCUT2D eigenvalue weighted by Gasteiger charge is 2.40. The van der Waals surface area contributed by atoms with Crippen LogP contribution in [-0.4, -0.2) is 98.4 Å². The molecule has 0 bridgehead atoms. The van der Waals surface area contributed by atoms with Crippen LogP contribution in [0.25, 0.3) is 33.9 Å². The van der Waals surface area contributed by atoms with Crippen LogP contribution in [0.5, 0.6) is 0 Å². The van der Waals surface area contributed by atoms with Crippen molar-refractivity contribution in [1.29, 1.82) is 0 Å². The van der Waals surface area contributed by atoms with Crippen molar-refractivity contribution >= 4 is 41.2 Å². The first kappa shape index (κ1) is 43.5. The van der Waals surface area contributed by atoms with Crippen molar-refractivity contribution in [3.8, 4) is 33.9 Å². The molecule has 25 heteroatoms. The molecule has 0 spiro atoms. The maximum atomic E-state index is 12.2. The number of hydrogen-bond acceptors (Lipinski definition) is 10. The highest BCUT2D eigenvalue weighted by Crippen LogP contribution is 2.45. The Morgan fingerprint density at radius 1 is 0.704 bits per heavy atom. The van der Waals surface area contributed by atoms with Crippen LogP contribution >= 0.6 is 0 Å². The number of carbonyl (C=O) groups is 4. The van der Waals surface area contributed by atoms with Gasteiger partial charge in [-0.2, -0.15) is 44.2 Å². The van der Waals surface area contributed by atoms with Crippen molar-refractivity contribution in [3.05, 3.63) is 55.2 Å².